The fourth-order valence-electron chi connectivity index (χ4n) is 3.43. The number of rotatable bonds is 10. The zero-order valence-corrected chi connectivity index (χ0v) is 19.8. The summed E-state index contributed by atoms with van der Waals surface area (Å²) >= 11 is 0. The predicted molar refractivity (Wildman–Crippen MR) is 130 cm³/mol. The summed E-state index contributed by atoms with van der Waals surface area (Å²) in [4.78, 5) is 13.3. The molecule has 3 rings (SSSR count). The molecule has 0 saturated heterocycles. The summed E-state index contributed by atoms with van der Waals surface area (Å²) < 4.78 is 11.8. The van der Waals surface area contributed by atoms with Crippen LogP contribution < -0.4 is 10.1 Å². The Morgan fingerprint density at radius 1 is 1.03 bits per heavy atom. The molecule has 0 aliphatic heterocycles. The van der Waals surface area contributed by atoms with Crippen molar-refractivity contribution in [1.82, 2.24) is 5.32 Å². The minimum atomic E-state index is 0. The first-order valence-electron chi connectivity index (χ1n) is 10.9. The molecule has 2 aromatic carbocycles. The standard InChI is InChI=1S/C26H33NO3.ClH/c1-5-6-11-23-24(21-10-7-8-12-22(21)30-23)25(28)19-13-15-20(16-14-19)29-18-9-17-27-26(2,3)4;/h7-8,10,12-16,27H,5-6,9,11,17-18H2,1-4H3;1H. The Bertz CT molecular complexity index is 970. The van der Waals surface area contributed by atoms with Gasteiger partial charge in [-0.1, -0.05) is 31.5 Å². The van der Waals surface area contributed by atoms with Gasteiger partial charge in [0.2, 0.25) is 0 Å². The Balaban J connectivity index is 0.00000341. The minimum absolute atomic E-state index is 0. The zero-order chi connectivity index (χ0) is 21.6. The van der Waals surface area contributed by atoms with Crippen LogP contribution in [0.2, 0.25) is 0 Å². The number of para-hydroxylation sites is 1. The van der Waals surface area contributed by atoms with Crippen LogP contribution in [0, 0.1) is 0 Å². The Morgan fingerprint density at radius 3 is 2.42 bits per heavy atom. The molecule has 0 aliphatic rings. The number of halogens is 1. The van der Waals surface area contributed by atoms with Crippen molar-refractivity contribution in [1.29, 1.82) is 0 Å². The number of furan rings is 1. The van der Waals surface area contributed by atoms with E-state index >= 15 is 0 Å². The molecule has 0 aliphatic carbocycles. The van der Waals surface area contributed by atoms with Gasteiger partial charge in [0, 0.05) is 22.9 Å². The predicted octanol–water partition coefficient (Wildman–Crippen LogP) is 6.59. The first kappa shape index (κ1) is 25.0. The van der Waals surface area contributed by atoms with Gasteiger partial charge in [0.05, 0.1) is 12.2 Å². The average Bonchev–Trinajstić information content (AvgIpc) is 3.09. The number of hydrogen-bond donors (Lipinski definition) is 1. The van der Waals surface area contributed by atoms with E-state index in [2.05, 4.69) is 33.0 Å². The van der Waals surface area contributed by atoms with Crippen molar-refractivity contribution >= 4 is 29.2 Å². The van der Waals surface area contributed by atoms with Crippen LogP contribution in [-0.4, -0.2) is 24.5 Å². The molecular formula is C26H34ClNO3. The Hall–Kier alpha value is -2.30. The van der Waals surface area contributed by atoms with Crippen molar-refractivity contribution in [3.05, 3.63) is 65.4 Å². The van der Waals surface area contributed by atoms with Gasteiger partial charge in [0.25, 0.3) is 0 Å². The number of aryl methyl sites for hydroxylation is 1. The average molecular weight is 444 g/mol. The highest BCUT2D eigenvalue weighted by Crippen LogP contribution is 2.29. The van der Waals surface area contributed by atoms with Gasteiger partial charge in [-0.15, -0.1) is 12.4 Å². The van der Waals surface area contributed by atoms with Crippen LogP contribution in [0.3, 0.4) is 0 Å². The van der Waals surface area contributed by atoms with Gasteiger partial charge in [0.1, 0.15) is 17.1 Å². The third-order valence-electron chi connectivity index (χ3n) is 5.01. The number of fused-ring (bicyclic) bond motifs is 1. The lowest BCUT2D eigenvalue weighted by atomic mass is 9.98. The summed E-state index contributed by atoms with van der Waals surface area (Å²) in [5, 5.41) is 4.34. The Morgan fingerprint density at radius 2 is 1.74 bits per heavy atom. The second-order valence-corrected chi connectivity index (χ2v) is 8.73. The first-order valence-corrected chi connectivity index (χ1v) is 10.9. The quantitative estimate of drug-likeness (QED) is 0.284. The lowest BCUT2D eigenvalue weighted by Gasteiger charge is -2.20. The van der Waals surface area contributed by atoms with Crippen molar-refractivity contribution in [2.75, 3.05) is 13.2 Å². The number of carbonyl (C=O) groups excluding carboxylic acids is 1. The number of ether oxygens (including phenoxy) is 1. The van der Waals surface area contributed by atoms with E-state index in [0.717, 1.165) is 54.7 Å². The number of ketones is 1. The maximum atomic E-state index is 13.3. The highest BCUT2D eigenvalue weighted by atomic mass is 35.5. The van der Waals surface area contributed by atoms with Crippen LogP contribution in [0.5, 0.6) is 5.75 Å². The molecule has 1 heterocycles. The third kappa shape index (κ3) is 6.84. The van der Waals surface area contributed by atoms with Crippen LogP contribution in [0.1, 0.15) is 68.6 Å². The molecule has 31 heavy (non-hydrogen) atoms. The largest absolute Gasteiger partial charge is 0.494 e. The molecule has 3 aromatic rings. The number of unbranched alkanes of at least 4 members (excludes halogenated alkanes) is 1. The number of hydrogen-bond acceptors (Lipinski definition) is 4. The monoisotopic (exact) mass is 443 g/mol. The van der Waals surface area contributed by atoms with Crippen molar-refractivity contribution < 1.29 is 13.9 Å². The second kappa shape index (κ2) is 11.4. The molecule has 1 N–H and O–H groups in total. The summed E-state index contributed by atoms with van der Waals surface area (Å²) in [6.45, 7) is 10.2. The van der Waals surface area contributed by atoms with E-state index in [1.807, 2.05) is 48.5 Å². The van der Waals surface area contributed by atoms with Gasteiger partial charge < -0.3 is 14.5 Å². The number of nitrogens with one attached hydrogen (secondary N) is 1. The van der Waals surface area contributed by atoms with Crippen LogP contribution >= 0.6 is 12.4 Å². The molecule has 0 unspecified atom stereocenters. The highest BCUT2D eigenvalue weighted by molar-refractivity contribution is 6.16. The minimum Gasteiger partial charge on any atom is -0.494 e. The molecule has 0 bridgehead atoms. The summed E-state index contributed by atoms with van der Waals surface area (Å²) in [5.74, 6) is 1.58. The van der Waals surface area contributed by atoms with E-state index in [9.17, 15) is 4.79 Å². The molecule has 0 amide bonds. The summed E-state index contributed by atoms with van der Waals surface area (Å²) in [6.07, 6.45) is 3.76. The normalized spacial score (nSPS) is 11.4. The van der Waals surface area contributed by atoms with Gasteiger partial charge in [-0.05, 0) is 70.5 Å². The van der Waals surface area contributed by atoms with Gasteiger partial charge in [-0.2, -0.15) is 0 Å². The van der Waals surface area contributed by atoms with Gasteiger partial charge in [-0.25, -0.2) is 0 Å². The molecule has 0 spiro atoms. The van der Waals surface area contributed by atoms with Crippen molar-refractivity contribution in [3.8, 4) is 5.75 Å². The SMILES string of the molecule is CCCCc1oc2ccccc2c1C(=O)c1ccc(OCCCNC(C)(C)C)cc1.Cl. The van der Waals surface area contributed by atoms with Crippen LogP contribution in [0.25, 0.3) is 11.0 Å². The lowest BCUT2D eigenvalue weighted by molar-refractivity contribution is 0.103. The summed E-state index contributed by atoms with van der Waals surface area (Å²) in [6, 6.07) is 15.2. The molecule has 5 heteroatoms. The van der Waals surface area contributed by atoms with E-state index in [4.69, 9.17) is 9.15 Å². The van der Waals surface area contributed by atoms with Crippen molar-refractivity contribution in [2.24, 2.45) is 0 Å². The third-order valence-corrected chi connectivity index (χ3v) is 5.01. The zero-order valence-electron chi connectivity index (χ0n) is 19.0. The maximum Gasteiger partial charge on any atom is 0.197 e. The van der Waals surface area contributed by atoms with Crippen molar-refractivity contribution in [2.45, 2.75) is 58.9 Å². The van der Waals surface area contributed by atoms with Crippen LogP contribution in [0.15, 0.2) is 52.9 Å². The fraction of sp³-hybridized carbons (Fsp3) is 0.423. The fourth-order valence-corrected chi connectivity index (χ4v) is 3.43. The second-order valence-electron chi connectivity index (χ2n) is 8.73. The molecule has 0 saturated carbocycles. The molecular weight excluding hydrogens is 410 g/mol. The van der Waals surface area contributed by atoms with E-state index in [0.29, 0.717) is 17.7 Å². The summed E-state index contributed by atoms with van der Waals surface area (Å²) in [7, 11) is 0. The number of carbonyl (C=O) groups is 1. The first-order chi connectivity index (χ1) is 14.4. The van der Waals surface area contributed by atoms with Gasteiger partial charge in [-0.3, -0.25) is 4.79 Å². The van der Waals surface area contributed by atoms with E-state index in [-0.39, 0.29) is 23.7 Å². The summed E-state index contributed by atoms with van der Waals surface area (Å²) in [5.41, 5.74) is 2.24. The lowest BCUT2D eigenvalue weighted by Crippen LogP contribution is -2.36. The van der Waals surface area contributed by atoms with E-state index in [1.165, 1.54) is 0 Å². The van der Waals surface area contributed by atoms with Crippen molar-refractivity contribution in [3.63, 3.8) is 0 Å². The van der Waals surface area contributed by atoms with Crippen LogP contribution in [-0.2, 0) is 6.42 Å². The molecule has 1 aromatic heterocycles. The van der Waals surface area contributed by atoms with E-state index < -0.39 is 0 Å². The highest BCUT2D eigenvalue weighted by Gasteiger charge is 2.21. The maximum absolute atomic E-state index is 13.3. The molecule has 0 atom stereocenters. The molecule has 0 fully saturated rings. The Labute approximate surface area is 191 Å². The molecule has 0 radical (unpaired) electrons. The van der Waals surface area contributed by atoms with Gasteiger partial charge in [0.15, 0.2) is 5.78 Å². The van der Waals surface area contributed by atoms with Gasteiger partial charge >= 0.3 is 0 Å². The topological polar surface area (TPSA) is 51.5 Å². The molecule has 168 valence electrons. The number of benzene rings is 2. The van der Waals surface area contributed by atoms with E-state index in [1.54, 1.807) is 0 Å². The Kier molecular flexibility index (Phi) is 9.15. The molecule has 4 nitrogen and oxygen atoms in total. The smallest absolute Gasteiger partial charge is 0.197 e. The van der Waals surface area contributed by atoms with Crippen LogP contribution in [0.4, 0.5) is 0 Å².